The molecule has 2 aromatic carbocycles. The van der Waals surface area contributed by atoms with Gasteiger partial charge in [-0.2, -0.15) is 0 Å². The van der Waals surface area contributed by atoms with Crippen LogP contribution in [0.15, 0.2) is 47.7 Å². The molecule has 0 amide bonds. The fourth-order valence-corrected chi connectivity index (χ4v) is 6.47. The van der Waals surface area contributed by atoms with Gasteiger partial charge in [-0.1, -0.05) is 31.4 Å². The van der Waals surface area contributed by atoms with Crippen molar-refractivity contribution in [3.63, 3.8) is 0 Å². The Balaban J connectivity index is 1.52. The summed E-state index contributed by atoms with van der Waals surface area (Å²) in [5.74, 6) is 1.54. The number of hydrogen-bond donors (Lipinski definition) is 0. The zero-order valence-electron chi connectivity index (χ0n) is 20.2. The van der Waals surface area contributed by atoms with Crippen molar-refractivity contribution in [3.8, 4) is 5.75 Å². The SMILES string of the molecule is Cc1ccc2c(c1C)C(C)(C)C1(C=Nc3c(ccc4ccncc34)O1)N2CC1CCCCC1. The van der Waals surface area contributed by atoms with Crippen LogP contribution in [-0.4, -0.2) is 23.5 Å². The summed E-state index contributed by atoms with van der Waals surface area (Å²) in [4.78, 5) is 12.0. The van der Waals surface area contributed by atoms with Gasteiger partial charge in [-0.25, -0.2) is 0 Å². The van der Waals surface area contributed by atoms with Crippen molar-refractivity contribution < 1.29 is 4.74 Å². The molecule has 2 aliphatic heterocycles. The van der Waals surface area contributed by atoms with Gasteiger partial charge in [0.25, 0.3) is 0 Å². The third kappa shape index (κ3) is 2.89. The minimum absolute atomic E-state index is 0.252. The number of aromatic nitrogens is 1. The Bertz CT molecular complexity index is 1270. The van der Waals surface area contributed by atoms with Gasteiger partial charge in [-0.15, -0.1) is 0 Å². The molecule has 0 bridgehead atoms. The number of aliphatic imine (C=N–C) groups is 1. The summed E-state index contributed by atoms with van der Waals surface area (Å²) in [6.45, 7) is 10.2. The molecule has 1 saturated carbocycles. The van der Waals surface area contributed by atoms with Crippen molar-refractivity contribution in [2.45, 2.75) is 70.9 Å². The summed E-state index contributed by atoms with van der Waals surface area (Å²) in [5.41, 5.74) is 5.41. The highest BCUT2D eigenvalue weighted by Gasteiger charge is 2.60. The number of ether oxygens (including phenoxy) is 1. The van der Waals surface area contributed by atoms with Crippen molar-refractivity contribution in [2.75, 3.05) is 11.4 Å². The van der Waals surface area contributed by atoms with E-state index in [-0.39, 0.29) is 5.41 Å². The van der Waals surface area contributed by atoms with Gasteiger partial charge in [0.15, 0.2) is 0 Å². The summed E-state index contributed by atoms with van der Waals surface area (Å²) >= 11 is 0. The predicted molar refractivity (Wildman–Crippen MR) is 136 cm³/mol. The predicted octanol–water partition coefficient (Wildman–Crippen LogP) is 7.02. The maximum atomic E-state index is 7.08. The maximum Gasteiger partial charge on any atom is 0.228 e. The molecule has 4 nitrogen and oxygen atoms in total. The minimum Gasteiger partial charge on any atom is -0.459 e. The zero-order chi connectivity index (χ0) is 22.8. The van der Waals surface area contributed by atoms with Gasteiger partial charge >= 0.3 is 0 Å². The molecule has 1 spiro atoms. The van der Waals surface area contributed by atoms with Crippen LogP contribution in [0.4, 0.5) is 11.4 Å². The third-order valence-corrected chi connectivity index (χ3v) is 8.48. The lowest BCUT2D eigenvalue weighted by molar-refractivity contribution is 0.0731. The fraction of sp³-hybridized carbons (Fsp3) is 0.448. The van der Waals surface area contributed by atoms with Crippen LogP contribution >= 0.6 is 0 Å². The van der Waals surface area contributed by atoms with E-state index in [1.54, 1.807) is 0 Å². The van der Waals surface area contributed by atoms with Crippen molar-refractivity contribution in [1.82, 2.24) is 4.98 Å². The fourth-order valence-electron chi connectivity index (χ4n) is 6.47. The Labute approximate surface area is 196 Å². The number of anilines is 1. The van der Waals surface area contributed by atoms with E-state index >= 15 is 0 Å². The topological polar surface area (TPSA) is 37.7 Å². The van der Waals surface area contributed by atoms with Gasteiger partial charge in [0.2, 0.25) is 5.72 Å². The van der Waals surface area contributed by atoms with E-state index in [0.29, 0.717) is 5.92 Å². The average molecular weight is 440 g/mol. The lowest BCUT2D eigenvalue weighted by atomic mass is 9.75. The van der Waals surface area contributed by atoms with Crippen molar-refractivity contribution in [2.24, 2.45) is 10.9 Å². The van der Waals surface area contributed by atoms with Crippen LogP contribution in [0, 0.1) is 19.8 Å². The van der Waals surface area contributed by atoms with Crippen molar-refractivity contribution in [1.29, 1.82) is 0 Å². The second-order valence-corrected chi connectivity index (χ2v) is 10.7. The number of pyridine rings is 1. The van der Waals surface area contributed by atoms with E-state index in [9.17, 15) is 0 Å². The molecule has 33 heavy (non-hydrogen) atoms. The molecule has 1 fully saturated rings. The van der Waals surface area contributed by atoms with Crippen LogP contribution in [0.3, 0.4) is 0 Å². The molecular weight excluding hydrogens is 406 g/mol. The summed E-state index contributed by atoms with van der Waals surface area (Å²) in [6, 6.07) is 10.8. The Morgan fingerprint density at radius 1 is 1.03 bits per heavy atom. The molecule has 1 aromatic heterocycles. The van der Waals surface area contributed by atoms with E-state index in [2.05, 4.69) is 68.1 Å². The van der Waals surface area contributed by atoms with Gasteiger partial charge in [0.05, 0.1) is 11.6 Å². The minimum atomic E-state index is -0.645. The van der Waals surface area contributed by atoms with E-state index in [4.69, 9.17) is 9.73 Å². The van der Waals surface area contributed by atoms with E-state index in [1.807, 2.05) is 18.5 Å². The van der Waals surface area contributed by atoms with Crippen LogP contribution in [0.25, 0.3) is 10.8 Å². The number of aryl methyl sites for hydroxylation is 1. The molecule has 3 aliphatic rings. The third-order valence-electron chi connectivity index (χ3n) is 8.48. The summed E-state index contributed by atoms with van der Waals surface area (Å²) in [7, 11) is 0. The number of benzene rings is 2. The lowest BCUT2D eigenvalue weighted by Gasteiger charge is -2.47. The largest absolute Gasteiger partial charge is 0.459 e. The number of fused-ring (bicyclic) bond motifs is 4. The molecule has 6 rings (SSSR count). The Kier molecular flexibility index (Phi) is 4.59. The van der Waals surface area contributed by atoms with Crippen LogP contribution in [-0.2, 0) is 5.41 Å². The second-order valence-electron chi connectivity index (χ2n) is 10.7. The highest BCUT2D eigenvalue weighted by atomic mass is 16.5. The molecule has 0 radical (unpaired) electrons. The quantitative estimate of drug-likeness (QED) is 0.430. The van der Waals surface area contributed by atoms with Crippen molar-refractivity contribution in [3.05, 3.63) is 59.4 Å². The van der Waals surface area contributed by atoms with Gasteiger partial charge in [0.1, 0.15) is 11.4 Å². The average Bonchev–Trinajstić information content (AvgIpc) is 3.00. The van der Waals surface area contributed by atoms with Gasteiger partial charge in [-0.3, -0.25) is 9.98 Å². The van der Waals surface area contributed by atoms with Crippen molar-refractivity contribution >= 4 is 28.4 Å². The first kappa shape index (κ1) is 20.7. The normalized spacial score (nSPS) is 23.6. The highest BCUT2D eigenvalue weighted by Crippen LogP contribution is 2.56. The number of nitrogens with zero attached hydrogens (tertiary/aromatic N) is 3. The van der Waals surface area contributed by atoms with E-state index in [0.717, 1.165) is 28.8 Å². The molecule has 3 heterocycles. The molecule has 1 unspecified atom stereocenters. The Morgan fingerprint density at radius 3 is 2.67 bits per heavy atom. The van der Waals surface area contributed by atoms with Gasteiger partial charge in [0, 0.05) is 30.0 Å². The summed E-state index contributed by atoms with van der Waals surface area (Å²) in [6.07, 6.45) is 12.5. The first-order valence-corrected chi connectivity index (χ1v) is 12.4. The first-order chi connectivity index (χ1) is 15.9. The number of hydrogen-bond acceptors (Lipinski definition) is 4. The standard InChI is InChI=1S/C29H33N3O/c1-19-10-12-24-26(20(19)2)28(3,4)29(32(24)17-21-8-6-5-7-9-21)18-31-27-23-16-30-15-14-22(23)11-13-25(27)33-29/h10-16,18,21H,5-9,17H2,1-4H3. The highest BCUT2D eigenvalue weighted by molar-refractivity contribution is 5.99. The van der Waals surface area contributed by atoms with Crippen LogP contribution in [0.1, 0.15) is 62.6 Å². The smallest absolute Gasteiger partial charge is 0.228 e. The molecule has 4 heteroatoms. The molecule has 1 atom stereocenters. The molecular formula is C29H33N3O. The van der Waals surface area contributed by atoms with E-state index in [1.165, 1.54) is 54.5 Å². The Hall–Kier alpha value is -2.88. The monoisotopic (exact) mass is 439 g/mol. The van der Waals surface area contributed by atoms with Gasteiger partial charge in [-0.05, 0) is 86.7 Å². The summed E-state index contributed by atoms with van der Waals surface area (Å²) in [5, 5.41) is 2.18. The molecule has 0 saturated heterocycles. The van der Waals surface area contributed by atoms with Crippen LogP contribution < -0.4 is 9.64 Å². The van der Waals surface area contributed by atoms with Crippen LogP contribution in [0.5, 0.6) is 5.75 Å². The Morgan fingerprint density at radius 2 is 1.85 bits per heavy atom. The zero-order valence-corrected chi connectivity index (χ0v) is 20.2. The molecule has 170 valence electrons. The summed E-state index contributed by atoms with van der Waals surface area (Å²) < 4.78 is 7.08. The number of rotatable bonds is 2. The van der Waals surface area contributed by atoms with Gasteiger partial charge < -0.3 is 9.64 Å². The first-order valence-electron chi connectivity index (χ1n) is 12.4. The van der Waals surface area contributed by atoms with E-state index < -0.39 is 5.72 Å². The molecule has 3 aromatic rings. The molecule has 1 aliphatic carbocycles. The second kappa shape index (κ2) is 7.31. The molecule has 0 N–H and O–H groups in total. The lowest BCUT2D eigenvalue weighted by Crippen LogP contribution is -2.63. The maximum absolute atomic E-state index is 7.08. The van der Waals surface area contributed by atoms with Crippen LogP contribution in [0.2, 0.25) is 0 Å².